The second kappa shape index (κ2) is 4.64. The highest BCUT2D eigenvalue weighted by molar-refractivity contribution is 5.90. The minimum atomic E-state index is -0.289. The van der Waals surface area contributed by atoms with Crippen LogP contribution in [0.3, 0.4) is 0 Å². The number of carbonyl (C=O) groups is 2. The summed E-state index contributed by atoms with van der Waals surface area (Å²) in [6.45, 7) is 3.15. The van der Waals surface area contributed by atoms with Gasteiger partial charge in [-0.1, -0.05) is 5.16 Å². The van der Waals surface area contributed by atoms with E-state index in [0.29, 0.717) is 37.8 Å². The number of nitrogens with zero attached hydrogens (tertiary/aromatic N) is 4. The lowest BCUT2D eigenvalue weighted by molar-refractivity contribution is -0.139. The van der Waals surface area contributed by atoms with Gasteiger partial charge in [-0.25, -0.2) is 0 Å². The molecule has 0 bridgehead atoms. The van der Waals surface area contributed by atoms with Gasteiger partial charge < -0.3 is 14.3 Å². The summed E-state index contributed by atoms with van der Waals surface area (Å²) in [5.41, 5.74) is 0. The monoisotopic (exact) mass is 264 g/mol. The second-order valence-corrected chi connectivity index (χ2v) is 4.98. The molecule has 19 heavy (non-hydrogen) atoms. The SMILES string of the molecule is Cc1nc(CN2CCC(=O)N3CCCC3C2=O)no1. The van der Waals surface area contributed by atoms with Gasteiger partial charge in [0, 0.05) is 26.4 Å². The highest BCUT2D eigenvalue weighted by atomic mass is 16.5. The van der Waals surface area contributed by atoms with Crippen LogP contribution in [0.5, 0.6) is 0 Å². The Hall–Kier alpha value is -1.92. The molecule has 1 aromatic heterocycles. The maximum absolute atomic E-state index is 12.4. The van der Waals surface area contributed by atoms with Crippen molar-refractivity contribution in [2.45, 2.75) is 38.8 Å². The van der Waals surface area contributed by atoms with Crippen LogP contribution in [0.15, 0.2) is 4.52 Å². The molecule has 0 spiro atoms. The van der Waals surface area contributed by atoms with Gasteiger partial charge in [0.15, 0.2) is 5.82 Å². The molecule has 0 aliphatic carbocycles. The third kappa shape index (κ3) is 2.20. The van der Waals surface area contributed by atoms with Crippen LogP contribution in [0.1, 0.15) is 31.0 Å². The summed E-state index contributed by atoms with van der Waals surface area (Å²) < 4.78 is 4.90. The molecular formula is C12H16N4O3. The molecule has 0 radical (unpaired) electrons. The van der Waals surface area contributed by atoms with Crippen molar-refractivity contribution in [2.75, 3.05) is 13.1 Å². The van der Waals surface area contributed by atoms with E-state index in [0.717, 1.165) is 12.8 Å². The predicted molar refractivity (Wildman–Crippen MR) is 63.8 cm³/mol. The van der Waals surface area contributed by atoms with E-state index < -0.39 is 0 Å². The number of hydrogen-bond acceptors (Lipinski definition) is 5. The van der Waals surface area contributed by atoms with Crippen molar-refractivity contribution in [3.8, 4) is 0 Å². The van der Waals surface area contributed by atoms with Crippen LogP contribution >= 0.6 is 0 Å². The lowest BCUT2D eigenvalue weighted by Gasteiger charge is -2.24. The zero-order valence-corrected chi connectivity index (χ0v) is 10.8. The first-order chi connectivity index (χ1) is 9.15. The van der Waals surface area contributed by atoms with Crippen molar-refractivity contribution in [3.05, 3.63) is 11.7 Å². The Labute approximate surface area is 110 Å². The standard InChI is InChI=1S/C12H16N4O3/c1-8-13-10(14-19-8)7-15-6-4-11(17)16-5-2-3-9(16)12(15)18/h9H,2-7H2,1H3. The molecule has 2 aliphatic heterocycles. The van der Waals surface area contributed by atoms with E-state index in [1.54, 1.807) is 16.7 Å². The fourth-order valence-corrected chi connectivity index (χ4v) is 2.75. The number of aromatic nitrogens is 2. The minimum absolute atomic E-state index is 0.00537. The largest absolute Gasteiger partial charge is 0.340 e. The summed E-state index contributed by atoms with van der Waals surface area (Å²) in [7, 11) is 0. The van der Waals surface area contributed by atoms with Gasteiger partial charge in [0.05, 0.1) is 6.54 Å². The van der Waals surface area contributed by atoms with Crippen molar-refractivity contribution in [3.63, 3.8) is 0 Å². The Kier molecular flexibility index (Phi) is 2.96. The van der Waals surface area contributed by atoms with E-state index in [-0.39, 0.29) is 17.9 Å². The van der Waals surface area contributed by atoms with Gasteiger partial charge in [-0.3, -0.25) is 9.59 Å². The molecule has 0 saturated carbocycles. The first-order valence-corrected chi connectivity index (χ1v) is 6.52. The Morgan fingerprint density at radius 3 is 2.95 bits per heavy atom. The van der Waals surface area contributed by atoms with Gasteiger partial charge in [-0.15, -0.1) is 0 Å². The van der Waals surface area contributed by atoms with Crippen molar-refractivity contribution in [1.82, 2.24) is 19.9 Å². The molecule has 1 unspecified atom stereocenters. The molecule has 1 aromatic rings. The van der Waals surface area contributed by atoms with Crippen molar-refractivity contribution in [1.29, 1.82) is 0 Å². The number of rotatable bonds is 2. The van der Waals surface area contributed by atoms with E-state index in [1.807, 2.05) is 0 Å². The van der Waals surface area contributed by atoms with E-state index in [9.17, 15) is 9.59 Å². The molecule has 3 heterocycles. The third-order valence-electron chi connectivity index (χ3n) is 3.67. The lowest BCUT2D eigenvalue weighted by atomic mass is 10.2. The highest BCUT2D eigenvalue weighted by Gasteiger charge is 2.39. The quantitative estimate of drug-likeness (QED) is 0.757. The smallest absolute Gasteiger partial charge is 0.245 e. The molecule has 2 saturated heterocycles. The van der Waals surface area contributed by atoms with Gasteiger partial charge >= 0.3 is 0 Å². The van der Waals surface area contributed by atoms with Gasteiger partial charge in [0.25, 0.3) is 0 Å². The average molecular weight is 264 g/mol. The number of fused-ring (bicyclic) bond motifs is 1. The zero-order chi connectivity index (χ0) is 13.4. The lowest BCUT2D eigenvalue weighted by Crippen LogP contribution is -2.43. The Balaban J connectivity index is 1.78. The summed E-state index contributed by atoms with van der Waals surface area (Å²) in [6.07, 6.45) is 2.03. The Morgan fingerprint density at radius 2 is 2.21 bits per heavy atom. The fourth-order valence-electron chi connectivity index (χ4n) is 2.75. The van der Waals surface area contributed by atoms with E-state index in [2.05, 4.69) is 10.1 Å². The Bertz CT molecular complexity index is 513. The molecule has 3 rings (SSSR count). The third-order valence-corrected chi connectivity index (χ3v) is 3.67. The molecule has 2 amide bonds. The zero-order valence-electron chi connectivity index (χ0n) is 10.8. The van der Waals surface area contributed by atoms with Crippen molar-refractivity contribution < 1.29 is 14.1 Å². The number of aryl methyl sites for hydroxylation is 1. The Morgan fingerprint density at radius 1 is 1.37 bits per heavy atom. The fraction of sp³-hybridized carbons (Fsp3) is 0.667. The van der Waals surface area contributed by atoms with Gasteiger partial charge in [-0.05, 0) is 12.8 Å². The molecular weight excluding hydrogens is 248 g/mol. The maximum Gasteiger partial charge on any atom is 0.245 e. The first kappa shape index (κ1) is 12.1. The van der Waals surface area contributed by atoms with Crippen LogP contribution in [0, 0.1) is 6.92 Å². The normalized spacial score (nSPS) is 23.7. The average Bonchev–Trinajstić information content (AvgIpc) is 2.99. The number of hydrogen-bond donors (Lipinski definition) is 0. The van der Waals surface area contributed by atoms with Gasteiger partial charge in [0.1, 0.15) is 6.04 Å². The van der Waals surface area contributed by atoms with E-state index >= 15 is 0 Å². The first-order valence-electron chi connectivity index (χ1n) is 6.52. The van der Waals surface area contributed by atoms with Crippen molar-refractivity contribution >= 4 is 11.8 Å². The number of amides is 2. The molecule has 2 fully saturated rings. The van der Waals surface area contributed by atoms with E-state index in [1.165, 1.54) is 0 Å². The molecule has 102 valence electrons. The predicted octanol–water partition coefficient (Wildman–Crippen LogP) is 0.101. The van der Waals surface area contributed by atoms with Crippen LogP contribution in [0.4, 0.5) is 0 Å². The maximum atomic E-state index is 12.4. The molecule has 0 aromatic carbocycles. The van der Waals surface area contributed by atoms with Gasteiger partial charge in [0.2, 0.25) is 17.7 Å². The summed E-state index contributed by atoms with van der Waals surface area (Å²) in [6, 6.07) is -0.289. The number of carbonyl (C=O) groups excluding carboxylic acids is 2. The second-order valence-electron chi connectivity index (χ2n) is 4.98. The summed E-state index contributed by atoms with van der Waals surface area (Å²) >= 11 is 0. The molecule has 0 N–H and O–H groups in total. The molecule has 7 nitrogen and oxygen atoms in total. The van der Waals surface area contributed by atoms with Crippen LogP contribution in [-0.2, 0) is 16.1 Å². The van der Waals surface area contributed by atoms with E-state index in [4.69, 9.17) is 4.52 Å². The highest BCUT2D eigenvalue weighted by Crippen LogP contribution is 2.23. The molecule has 7 heteroatoms. The summed E-state index contributed by atoms with van der Waals surface area (Å²) in [4.78, 5) is 31.9. The minimum Gasteiger partial charge on any atom is -0.340 e. The summed E-state index contributed by atoms with van der Waals surface area (Å²) in [5, 5.41) is 3.80. The molecule has 1 atom stereocenters. The van der Waals surface area contributed by atoms with Crippen molar-refractivity contribution in [2.24, 2.45) is 0 Å². The van der Waals surface area contributed by atoms with Crippen LogP contribution in [0.2, 0.25) is 0 Å². The van der Waals surface area contributed by atoms with Gasteiger partial charge in [-0.2, -0.15) is 4.98 Å². The molecule has 2 aliphatic rings. The summed E-state index contributed by atoms with van der Waals surface area (Å²) in [5.74, 6) is 1.05. The van der Waals surface area contributed by atoms with Crippen LogP contribution in [0.25, 0.3) is 0 Å². The van der Waals surface area contributed by atoms with Crippen LogP contribution < -0.4 is 0 Å². The van der Waals surface area contributed by atoms with Crippen LogP contribution in [-0.4, -0.2) is 50.9 Å². The topological polar surface area (TPSA) is 79.5 Å².